The highest BCUT2D eigenvalue weighted by Crippen LogP contribution is 2.39. The van der Waals surface area contributed by atoms with Gasteiger partial charge in [-0.1, -0.05) is 0 Å². The van der Waals surface area contributed by atoms with Crippen LogP contribution >= 0.6 is 22.6 Å². The summed E-state index contributed by atoms with van der Waals surface area (Å²) in [4.78, 5) is 0. The fraction of sp³-hybridized carbons (Fsp3) is 0.667. The average Bonchev–Trinajstić information content (AvgIpc) is 2.40. The minimum Gasteiger partial charge on any atom is -0.492 e. The van der Waals surface area contributed by atoms with Gasteiger partial charge in [0, 0.05) is 0 Å². The van der Waals surface area contributed by atoms with Crippen LogP contribution in [0, 0.1) is 3.70 Å². The lowest BCUT2D eigenvalue weighted by atomic mass is 10.1. The first-order valence-electron chi connectivity index (χ1n) is 4.49. The molecule has 0 fully saturated rings. The molecule has 1 heterocycles. The third-order valence-electron chi connectivity index (χ3n) is 1.90. The van der Waals surface area contributed by atoms with Crippen LogP contribution in [-0.4, -0.2) is 16.9 Å². The Bertz CT molecular complexity index is 393. The summed E-state index contributed by atoms with van der Waals surface area (Å²) in [5.74, 6) is -0.219. The van der Waals surface area contributed by atoms with Crippen molar-refractivity contribution in [2.24, 2.45) is 0 Å². The van der Waals surface area contributed by atoms with Crippen LogP contribution in [0.4, 0.5) is 13.2 Å². The molecule has 0 aromatic carbocycles. The lowest BCUT2D eigenvalue weighted by Crippen LogP contribution is -2.25. The maximum atomic E-state index is 12.7. The average molecular weight is 348 g/mol. The Morgan fingerprint density at radius 1 is 1.25 bits per heavy atom. The Balaban J connectivity index is 3.44. The molecule has 0 aliphatic carbocycles. The fourth-order valence-corrected chi connectivity index (χ4v) is 2.50. The smallest absolute Gasteiger partial charge is 0.438 e. The molecule has 1 rings (SSSR count). The summed E-state index contributed by atoms with van der Waals surface area (Å²) in [6.45, 7) is 5.34. The predicted octanol–water partition coefficient (Wildman–Crippen LogP) is 3.27. The number of methoxy groups -OCH3 is 1. The zero-order chi connectivity index (χ0) is 12.7. The van der Waals surface area contributed by atoms with Gasteiger partial charge < -0.3 is 4.74 Å². The van der Waals surface area contributed by atoms with Gasteiger partial charge in [0.15, 0.2) is 5.75 Å². The molecule has 1 aromatic heterocycles. The molecule has 0 aliphatic rings. The quantitative estimate of drug-likeness (QED) is 0.729. The zero-order valence-corrected chi connectivity index (χ0v) is 11.5. The van der Waals surface area contributed by atoms with Gasteiger partial charge in [-0.3, -0.25) is 0 Å². The van der Waals surface area contributed by atoms with Crippen molar-refractivity contribution in [3.8, 4) is 5.75 Å². The van der Waals surface area contributed by atoms with Gasteiger partial charge in [-0.15, -0.1) is 0 Å². The van der Waals surface area contributed by atoms with Crippen molar-refractivity contribution in [2.45, 2.75) is 32.5 Å². The van der Waals surface area contributed by atoms with Crippen LogP contribution in [0.2, 0.25) is 0 Å². The molecule has 0 amide bonds. The topological polar surface area (TPSA) is 27.1 Å². The number of aromatic nitrogens is 2. The maximum Gasteiger partial charge on any atom is 0.438 e. The highest BCUT2D eigenvalue weighted by Gasteiger charge is 2.41. The number of nitrogens with zero attached hydrogens (tertiary/aromatic N) is 2. The molecule has 0 radical (unpaired) electrons. The van der Waals surface area contributed by atoms with Gasteiger partial charge in [0.2, 0.25) is 5.69 Å². The second-order valence-corrected chi connectivity index (χ2v) is 5.27. The van der Waals surface area contributed by atoms with E-state index < -0.39 is 17.4 Å². The third kappa shape index (κ3) is 2.44. The first-order chi connectivity index (χ1) is 7.09. The van der Waals surface area contributed by atoms with Crippen LogP contribution in [0.15, 0.2) is 0 Å². The van der Waals surface area contributed by atoms with E-state index in [9.17, 15) is 13.2 Å². The van der Waals surface area contributed by atoms with Crippen LogP contribution in [0.5, 0.6) is 5.75 Å². The number of alkyl halides is 3. The lowest BCUT2D eigenvalue weighted by Gasteiger charge is -2.20. The molecule has 0 saturated heterocycles. The van der Waals surface area contributed by atoms with Crippen LogP contribution in [0.25, 0.3) is 0 Å². The number of halogens is 4. The van der Waals surface area contributed by atoms with Crippen molar-refractivity contribution >= 4 is 22.6 Å². The summed E-state index contributed by atoms with van der Waals surface area (Å²) >= 11 is 1.80. The van der Waals surface area contributed by atoms with Gasteiger partial charge in [-0.25, -0.2) is 4.68 Å². The van der Waals surface area contributed by atoms with E-state index in [1.165, 1.54) is 11.8 Å². The van der Waals surface area contributed by atoms with Crippen LogP contribution in [-0.2, 0) is 11.7 Å². The molecule has 1 aromatic rings. The third-order valence-corrected chi connectivity index (χ3v) is 2.84. The van der Waals surface area contributed by atoms with E-state index in [-0.39, 0.29) is 5.75 Å². The Labute approximate surface area is 105 Å². The summed E-state index contributed by atoms with van der Waals surface area (Å²) in [6, 6.07) is 0. The van der Waals surface area contributed by atoms with Gasteiger partial charge in [-0.2, -0.15) is 18.3 Å². The molecule has 0 bridgehead atoms. The number of hydrogen-bond donors (Lipinski definition) is 0. The minimum atomic E-state index is -4.50. The Kier molecular flexibility index (Phi) is 3.47. The van der Waals surface area contributed by atoms with Gasteiger partial charge in [-0.05, 0) is 43.4 Å². The second-order valence-electron chi connectivity index (χ2n) is 4.25. The second kappa shape index (κ2) is 4.08. The van der Waals surface area contributed by atoms with Crippen molar-refractivity contribution in [1.29, 1.82) is 0 Å². The Hall–Kier alpha value is -0.470. The Morgan fingerprint density at radius 3 is 2.00 bits per heavy atom. The summed E-state index contributed by atoms with van der Waals surface area (Å²) in [5, 5.41) is 3.58. The summed E-state index contributed by atoms with van der Waals surface area (Å²) in [7, 11) is 1.21. The van der Waals surface area contributed by atoms with E-state index >= 15 is 0 Å². The largest absolute Gasteiger partial charge is 0.492 e. The van der Waals surface area contributed by atoms with Crippen molar-refractivity contribution in [3.05, 3.63) is 9.39 Å². The van der Waals surface area contributed by atoms with Gasteiger partial charge in [0.25, 0.3) is 0 Å². The van der Waals surface area contributed by atoms with Crippen LogP contribution in [0.1, 0.15) is 26.5 Å². The van der Waals surface area contributed by atoms with E-state index in [2.05, 4.69) is 5.10 Å². The first-order valence-corrected chi connectivity index (χ1v) is 5.57. The highest BCUT2D eigenvalue weighted by molar-refractivity contribution is 14.1. The first kappa shape index (κ1) is 13.6. The van der Waals surface area contributed by atoms with Crippen molar-refractivity contribution in [3.63, 3.8) is 0 Å². The molecule has 0 spiro atoms. The van der Waals surface area contributed by atoms with Gasteiger partial charge >= 0.3 is 6.18 Å². The molecule has 0 unspecified atom stereocenters. The normalized spacial score (nSPS) is 13.0. The fourth-order valence-electron chi connectivity index (χ4n) is 1.19. The summed E-state index contributed by atoms with van der Waals surface area (Å²) in [6.07, 6.45) is -4.50. The molecule has 0 N–H and O–H groups in total. The van der Waals surface area contributed by atoms with E-state index in [0.717, 1.165) is 0 Å². The molecular weight excluding hydrogens is 336 g/mol. The molecule has 0 atom stereocenters. The lowest BCUT2D eigenvalue weighted by molar-refractivity contribution is -0.142. The van der Waals surface area contributed by atoms with E-state index in [1.54, 1.807) is 43.4 Å². The summed E-state index contributed by atoms with van der Waals surface area (Å²) < 4.78 is 44.4. The minimum absolute atomic E-state index is 0.219. The number of ether oxygens (including phenoxy) is 1. The van der Waals surface area contributed by atoms with E-state index in [0.29, 0.717) is 3.70 Å². The number of rotatable bonds is 1. The Morgan fingerprint density at radius 2 is 1.75 bits per heavy atom. The van der Waals surface area contributed by atoms with E-state index in [4.69, 9.17) is 4.74 Å². The monoisotopic (exact) mass is 348 g/mol. The SMILES string of the molecule is COc1c(C(F)(F)F)nn(C(C)(C)C)c1I. The van der Waals surface area contributed by atoms with Gasteiger partial charge in [0.05, 0.1) is 12.6 Å². The molecule has 7 heteroatoms. The van der Waals surface area contributed by atoms with Crippen LogP contribution < -0.4 is 4.74 Å². The predicted molar refractivity (Wildman–Crippen MR) is 61.5 cm³/mol. The number of hydrogen-bond acceptors (Lipinski definition) is 2. The van der Waals surface area contributed by atoms with Gasteiger partial charge in [0.1, 0.15) is 3.70 Å². The van der Waals surface area contributed by atoms with E-state index in [1.807, 2.05) is 0 Å². The summed E-state index contributed by atoms with van der Waals surface area (Å²) in [5.41, 5.74) is -1.50. The molecular formula is C9H12F3IN2O. The molecule has 3 nitrogen and oxygen atoms in total. The highest BCUT2D eigenvalue weighted by atomic mass is 127. The molecule has 0 saturated carbocycles. The molecule has 92 valence electrons. The van der Waals surface area contributed by atoms with Crippen LogP contribution in [0.3, 0.4) is 0 Å². The molecule has 0 aliphatic heterocycles. The maximum absolute atomic E-state index is 12.7. The zero-order valence-electron chi connectivity index (χ0n) is 9.31. The van der Waals surface area contributed by atoms with Crippen molar-refractivity contribution in [1.82, 2.24) is 9.78 Å². The standard InChI is InChI=1S/C9H12F3IN2O/c1-8(2,3)15-7(13)5(16-4)6(14-15)9(10,11)12/h1-4H3. The van der Waals surface area contributed by atoms with Crippen molar-refractivity contribution < 1.29 is 17.9 Å². The molecule has 16 heavy (non-hydrogen) atoms. The van der Waals surface area contributed by atoms with Crippen molar-refractivity contribution in [2.75, 3.05) is 7.11 Å².